The van der Waals surface area contributed by atoms with E-state index in [2.05, 4.69) is 15.9 Å². The molecule has 0 aliphatic carbocycles. The monoisotopic (exact) mass is 296 g/mol. The third-order valence-corrected chi connectivity index (χ3v) is 3.15. The third-order valence-electron chi connectivity index (χ3n) is 2.33. The molecule has 0 aliphatic rings. The SMILES string of the molecule is COc1ccc(-c2cc(Br)ccc2Cl)cc1. The second kappa shape index (κ2) is 4.89. The number of ether oxygens (including phenoxy) is 1. The fourth-order valence-electron chi connectivity index (χ4n) is 1.49. The van der Waals surface area contributed by atoms with Gasteiger partial charge in [0.2, 0.25) is 0 Å². The molecule has 0 N–H and O–H groups in total. The van der Waals surface area contributed by atoms with Gasteiger partial charge in [-0.25, -0.2) is 0 Å². The van der Waals surface area contributed by atoms with E-state index in [1.807, 2.05) is 42.5 Å². The fraction of sp³-hybridized carbons (Fsp3) is 0.0769. The third kappa shape index (κ3) is 2.39. The van der Waals surface area contributed by atoms with Gasteiger partial charge in [-0.3, -0.25) is 0 Å². The molecule has 0 unspecified atom stereocenters. The van der Waals surface area contributed by atoms with Crippen molar-refractivity contribution in [2.45, 2.75) is 0 Å². The van der Waals surface area contributed by atoms with Gasteiger partial charge in [0.05, 0.1) is 7.11 Å². The van der Waals surface area contributed by atoms with Crippen LogP contribution in [0.4, 0.5) is 0 Å². The lowest BCUT2D eigenvalue weighted by Crippen LogP contribution is -1.83. The van der Waals surface area contributed by atoms with Crippen LogP contribution in [0.1, 0.15) is 0 Å². The first-order chi connectivity index (χ1) is 7.70. The predicted molar refractivity (Wildman–Crippen MR) is 71.1 cm³/mol. The number of hydrogen-bond donors (Lipinski definition) is 0. The summed E-state index contributed by atoms with van der Waals surface area (Å²) >= 11 is 9.59. The van der Waals surface area contributed by atoms with E-state index in [1.165, 1.54) is 0 Å². The lowest BCUT2D eigenvalue weighted by atomic mass is 10.1. The molecule has 0 bridgehead atoms. The minimum Gasteiger partial charge on any atom is -0.497 e. The molecular formula is C13H10BrClO. The van der Waals surface area contributed by atoms with Crippen LogP contribution in [0.5, 0.6) is 5.75 Å². The quantitative estimate of drug-likeness (QED) is 0.775. The molecule has 16 heavy (non-hydrogen) atoms. The Morgan fingerprint density at radius 2 is 1.75 bits per heavy atom. The first kappa shape index (κ1) is 11.5. The number of methoxy groups -OCH3 is 1. The summed E-state index contributed by atoms with van der Waals surface area (Å²) in [7, 11) is 1.65. The number of rotatable bonds is 2. The van der Waals surface area contributed by atoms with E-state index in [9.17, 15) is 0 Å². The molecule has 0 aliphatic heterocycles. The molecular weight excluding hydrogens is 287 g/mol. The number of halogens is 2. The van der Waals surface area contributed by atoms with Gasteiger partial charge in [0, 0.05) is 15.1 Å². The van der Waals surface area contributed by atoms with Crippen LogP contribution in [0.3, 0.4) is 0 Å². The Morgan fingerprint density at radius 1 is 1.06 bits per heavy atom. The van der Waals surface area contributed by atoms with Crippen LogP contribution in [-0.2, 0) is 0 Å². The van der Waals surface area contributed by atoms with E-state index in [0.717, 1.165) is 26.4 Å². The summed E-state index contributed by atoms with van der Waals surface area (Å²) in [6.07, 6.45) is 0. The van der Waals surface area contributed by atoms with E-state index in [-0.39, 0.29) is 0 Å². The van der Waals surface area contributed by atoms with Crippen molar-refractivity contribution in [1.82, 2.24) is 0 Å². The summed E-state index contributed by atoms with van der Waals surface area (Å²) < 4.78 is 6.13. The average molecular weight is 298 g/mol. The molecule has 0 spiro atoms. The topological polar surface area (TPSA) is 9.23 Å². The normalized spacial score (nSPS) is 10.2. The minimum absolute atomic E-state index is 0.744. The molecule has 2 rings (SSSR count). The lowest BCUT2D eigenvalue weighted by molar-refractivity contribution is 0.415. The first-order valence-corrected chi connectivity index (χ1v) is 5.97. The number of hydrogen-bond acceptors (Lipinski definition) is 1. The molecule has 0 radical (unpaired) electrons. The van der Waals surface area contributed by atoms with Gasteiger partial charge in [0.1, 0.15) is 5.75 Å². The van der Waals surface area contributed by atoms with Crippen LogP contribution in [0.15, 0.2) is 46.9 Å². The van der Waals surface area contributed by atoms with E-state index >= 15 is 0 Å². The predicted octanol–water partition coefficient (Wildman–Crippen LogP) is 4.78. The van der Waals surface area contributed by atoms with Crippen molar-refractivity contribution in [3.05, 3.63) is 52.0 Å². The van der Waals surface area contributed by atoms with Crippen molar-refractivity contribution in [1.29, 1.82) is 0 Å². The summed E-state index contributed by atoms with van der Waals surface area (Å²) in [5.74, 6) is 0.842. The Hall–Kier alpha value is -0.990. The maximum absolute atomic E-state index is 6.15. The minimum atomic E-state index is 0.744. The highest BCUT2D eigenvalue weighted by atomic mass is 79.9. The largest absolute Gasteiger partial charge is 0.497 e. The van der Waals surface area contributed by atoms with E-state index in [1.54, 1.807) is 7.11 Å². The Morgan fingerprint density at radius 3 is 2.38 bits per heavy atom. The van der Waals surface area contributed by atoms with Gasteiger partial charge in [-0.1, -0.05) is 39.7 Å². The molecule has 0 saturated heterocycles. The van der Waals surface area contributed by atoms with Crippen LogP contribution < -0.4 is 4.74 Å². The summed E-state index contributed by atoms with van der Waals surface area (Å²) in [6.45, 7) is 0. The molecule has 0 saturated carbocycles. The Bertz CT molecular complexity index is 494. The fourth-order valence-corrected chi connectivity index (χ4v) is 2.08. The van der Waals surface area contributed by atoms with Crippen molar-refractivity contribution in [2.24, 2.45) is 0 Å². The second-order valence-electron chi connectivity index (χ2n) is 3.35. The summed E-state index contributed by atoms with van der Waals surface area (Å²) in [6, 6.07) is 13.6. The van der Waals surface area contributed by atoms with Crippen molar-refractivity contribution in [3.8, 4) is 16.9 Å². The van der Waals surface area contributed by atoms with Crippen LogP contribution in [0.25, 0.3) is 11.1 Å². The van der Waals surface area contributed by atoms with Crippen LogP contribution in [0, 0.1) is 0 Å². The van der Waals surface area contributed by atoms with Crippen molar-refractivity contribution >= 4 is 27.5 Å². The Kier molecular flexibility index (Phi) is 3.52. The first-order valence-electron chi connectivity index (χ1n) is 4.80. The Labute approximate surface area is 108 Å². The molecule has 82 valence electrons. The van der Waals surface area contributed by atoms with Gasteiger partial charge in [-0.15, -0.1) is 0 Å². The van der Waals surface area contributed by atoms with Gasteiger partial charge in [-0.05, 0) is 35.9 Å². The van der Waals surface area contributed by atoms with Gasteiger partial charge in [0.15, 0.2) is 0 Å². The smallest absolute Gasteiger partial charge is 0.118 e. The van der Waals surface area contributed by atoms with Gasteiger partial charge < -0.3 is 4.74 Å². The van der Waals surface area contributed by atoms with Gasteiger partial charge in [-0.2, -0.15) is 0 Å². The highest BCUT2D eigenvalue weighted by Gasteiger charge is 2.04. The molecule has 0 heterocycles. The van der Waals surface area contributed by atoms with Gasteiger partial charge in [0.25, 0.3) is 0 Å². The lowest BCUT2D eigenvalue weighted by Gasteiger charge is -2.06. The van der Waals surface area contributed by atoms with Gasteiger partial charge >= 0.3 is 0 Å². The zero-order chi connectivity index (χ0) is 11.5. The molecule has 2 aromatic carbocycles. The summed E-state index contributed by atoms with van der Waals surface area (Å²) in [4.78, 5) is 0. The van der Waals surface area contributed by atoms with Crippen molar-refractivity contribution in [2.75, 3.05) is 7.11 Å². The van der Waals surface area contributed by atoms with Crippen molar-refractivity contribution < 1.29 is 4.74 Å². The molecule has 0 fully saturated rings. The zero-order valence-corrected chi connectivity index (χ0v) is 11.0. The summed E-state index contributed by atoms with van der Waals surface area (Å²) in [5, 5.41) is 0.744. The molecule has 0 atom stereocenters. The molecule has 0 aromatic heterocycles. The summed E-state index contributed by atoms with van der Waals surface area (Å²) in [5.41, 5.74) is 2.09. The maximum atomic E-state index is 6.15. The van der Waals surface area contributed by atoms with Crippen LogP contribution in [-0.4, -0.2) is 7.11 Å². The van der Waals surface area contributed by atoms with Crippen LogP contribution in [0.2, 0.25) is 5.02 Å². The zero-order valence-electron chi connectivity index (χ0n) is 8.71. The Balaban J connectivity index is 2.45. The highest BCUT2D eigenvalue weighted by molar-refractivity contribution is 9.10. The molecule has 2 aromatic rings. The average Bonchev–Trinajstić information content (AvgIpc) is 2.32. The maximum Gasteiger partial charge on any atom is 0.118 e. The van der Waals surface area contributed by atoms with E-state index in [4.69, 9.17) is 16.3 Å². The number of benzene rings is 2. The molecule has 3 heteroatoms. The second-order valence-corrected chi connectivity index (χ2v) is 4.68. The van der Waals surface area contributed by atoms with Crippen molar-refractivity contribution in [3.63, 3.8) is 0 Å². The molecule has 1 nitrogen and oxygen atoms in total. The van der Waals surface area contributed by atoms with E-state index in [0.29, 0.717) is 0 Å². The standard InChI is InChI=1S/C13H10BrClO/c1-16-11-5-2-9(3-6-11)12-8-10(14)4-7-13(12)15/h2-8H,1H3. The van der Waals surface area contributed by atoms with Crippen LogP contribution >= 0.6 is 27.5 Å². The highest BCUT2D eigenvalue weighted by Crippen LogP contribution is 2.31. The molecule has 0 amide bonds. The van der Waals surface area contributed by atoms with E-state index < -0.39 is 0 Å².